The first kappa shape index (κ1) is 14.5. The molecule has 5 heteroatoms. The summed E-state index contributed by atoms with van der Waals surface area (Å²) in [6, 6.07) is 5.73. The smallest absolute Gasteiger partial charge is 0.304 e. The molecule has 1 fully saturated rings. The van der Waals surface area contributed by atoms with Gasteiger partial charge in [0, 0.05) is 38.8 Å². The van der Waals surface area contributed by atoms with Crippen LogP contribution in [0.2, 0.25) is 0 Å². The second-order valence-corrected chi connectivity index (χ2v) is 5.88. The lowest BCUT2D eigenvalue weighted by Gasteiger charge is -2.38. The Morgan fingerprint density at radius 2 is 2.05 bits per heavy atom. The number of hydrogen-bond acceptors (Lipinski definition) is 3. The maximum absolute atomic E-state index is 13.8. The Labute approximate surface area is 124 Å². The Kier molecular flexibility index (Phi) is 4.22. The quantitative estimate of drug-likeness (QED) is 0.920. The summed E-state index contributed by atoms with van der Waals surface area (Å²) in [7, 11) is 0. The summed E-state index contributed by atoms with van der Waals surface area (Å²) in [4.78, 5) is 15.2. The number of hydrogen-bond donors (Lipinski definition) is 1. The van der Waals surface area contributed by atoms with Crippen molar-refractivity contribution in [2.75, 3.05) is 32.7 Å². The molecule has 3 rings (SSSR count). The topological polar surface area (TPSA) is 43.8 Å². The number of carbonyl (C=O) groups is 1. The minimum atomic E-state index is -0.738. The van der Waals surface area contributed by atoms with Crippen molar-refractivity contribution in [3.8, 4) is 0 Å². The van der Waals surface area contributed by atoms with Gasteiger partial charge in [0.15, 0.2) is 0 Å². The van der Waals surface area contributed by atoms with Gasteiger partial charge in [-0.3, -0.25) is 9.69 Å². The first-order valence-electron chi connectivity index (χ1n) is 7.60. The SMILES string of the molecule is O=C(O)CCN1CCN(C2CCc3c(F)cccc32)CC1. The highest BCUT2D eigenvalue weighted by Gasteiger charge is 2.31. The molecule has 1 heterocycles. The summed E-state index contributed by atoms with van der Waals surface area (Å²) in [5, 5.41) is 8.73. The average Bonchev–Trinajstić information content (AvgIpc) is 2.91. The second kappa shape index (κ2) is 6.12. The molecule has 1 aliphatic carbocycles. The molecule has 1 aromatic carbocycles. The molecular formula is C16H21FN2O2. The number of aliphatic carboxylic acids is 1. The summed E-state index contributed by atoms with van der Waals surface area (Å²) < 4.78 is 13.8. The Balaban J connectivity index is 1.59. The number of carboxylic acid groups (broad SMARTS) is 1. The molecule has 1 saturated heterocycles. The molecule has 0 amide bonds. The summed E-state index contributed by atoms with van der Waals surface area (Å²) in [5.41, 5.74) is 2.03. The lowest BCUT2D eigenvalue weighted by molar-refractivity contribution is -0.137. The molecule has 0 spiro atoms. The van der Waals surface area contributed by atoms with E-state index in [1.165, 1.54) is 0 Å². The third-order valence-electron chi connectivity index (χ3n) is 4.67. The van der Waals surface area contributed by atoms with E-state index in [9.17, 15) is 9.18 Å². The van der Waals surface area contributed by atoms with E-state index in [0.29, 0.717) is 12.6 Å². The normalized spacial score (nSPS) is 23.2. The van der Waals surface area contributed by atoms with Crippen LogP contribution in [0, 0.1) is 5.82 Å². The standard InChI is InChI=1S/C16H21FN2O2/c17-14-3-1-2-13-12(14)4-5-15(13)19-10-8-18(9-11-19)7-6-16(20)21/h1-3,15H,4-11H2,(H,20,21). The van der Waals surface area contributed by atoms with E-state index < -0.39 is 5.97 Å². The first-order chi connectivity index (χ1) is 10.1. The molecule has 1 aromatic rings. The number of fused-ring (bicyclic) bond motifs is 1. The molecule has 4 nitrogen and oxygen atoms in total. The predicted octanol–water partition coefficient (Wildman–Crippen LogP) is 1.91. The highest BCUT2D eigenvalue weighted by Crippen LogP contribution is 2.37. The van der Waals surface area contributed by atoms with Gasteiger partial charge in [-0.2, -0.15) is 0 Å². The highest BCUT2D eigenvalue weighted by atomic mass is 19.1. The number of carboxylic acids is 1. The molecule has 114 valence electrons. The molecule has 2 aliphatic rings. The van der Waals surface area contributed by atoms with Crippen molar-refractivity contribution in [2.24, 2.45) is 0 Å². The fourth-order valence-corrected chi connectivity index (χ4v) is 3.52. The van der Waals surface area contributed by atoms with Crippen molar-refractivity contribution >= 4 is 5.97 Å². The number of halogens is 1. The van der Waals surface area contributed by atoms with Crippen LogP contribution >= 0.6 is 0 Å². The van der Waals surface area contributed by atoms with Crippen molar-refractivity contribution in [2.45, 2.75) is 25.3 Å². The number of rotatable bonds is 4. The van der Waals surface area contributed by atoms with Crippen molar-refractivity contribution < 1.29 is 14.3 Å². The molecule has 1 atom stereocenters. The summed E-state index contributed by atoms with van der Waals surface area (Å²) >= 11 is 0. The summed E-state index contributed by atoms with van der Waals surface area (Å²) in [6.45, 7) is 4.28. The largest absolute Gasteiger partial charge is 0.481 e. The molecule has 0 saturated carbocycles. The first-order valence-corrected chi connectivity index (χ1v) is 7.60. The fourth-order valence-electron chi connectivity index (χ4n) is 3.52. The van der Waals surface area contributed by atoms with Gasteiger partial charge in [0.1, 0.15) is 5.82 Å². The van der Waals surface area contributed by atoms with E-state index in [-0.39, 0.29) is 12.2 Å². The molecule has 0 radical (unpaired) electrons. The number of nitrogens with zero attached hydrogens (tertiary/aromatic N) is 2. The van der Waals surface area contributed by atoms with Crippen LogP contribution in [0.4, 0.5) is 4.39 Å². The minimum Gasteiger partial charge on any atom is -0.481 e. The molecule has 0 bridgehead atoms. The maximum Gasteiger partial charge on any atom is 0.304 e. The van der Waals surface area contributed by atoms with Crippen LogP contribution in [0.5, 0.6) is 0 Å². The van der Waals surface area contributed by atoms with Gasteiger partial charge in [0.2, 0.25) is 0 Å². The molecule has 1 unspecified atom stereocenters. The monoisotopic (exact) mass is 292 g/mol. The fraction of sp³-hybridized carbons (Fsp3) is 0.562. The maximum atomic E-state index is 13.8. The molecule has 0 aromatic heterocycles. The Hall–Kier alpha value is -1.46. The van der Waals surface area contributed by atoms with Crippen LogP contribution in [0.25, 0.3) is 0 Å². The van der Waals surface area contributed by atoms with Gasteiger partial charge in [-0.25, -0.2) is 4.39 Å². The van der Waals surface area contributed by atoms with Crippen LogP contribution < -0.4 is 0 Å². The van der Waals surface area contributed by atoms with Crippen LogP contribution in [0.15, 0.2) is 18.2 Å². The van der Waals surface area contributed by atoms with Gasteiger partial charge in [0.05, 0.1) is 6.42 Å². The zero-order valence-corrected chi connectivity index (χ0v) is 12.1. The van der Waals surface area contributed by atoms with E-state index in [1.54, 1.807) is 12.1 Å². The molecule has 1 aliphatic heterocycles. The zero-order valence-electron chi connectivity index (χ0n) is 12.1. The van der Waals surface area contributed by atoms with Crippen LogP contribution in [0.3, 0.4) is 0 Å². The number of benzene rings is 1. The summed E-state index contributed by atoms with van der Waals surface area (Å²) in [5.74, 6) is -0.812. The zero-order chi connectivity index (χ0) is 14.8. The Morgan fingerprint density at radius 3 is 2.76 bits per heavy atom. The lowest BCUT2D eigenvalue weighted by atomic mass is 10.1. The van der Waals surface area contributed by atoms with Crippen molar-refractivity contribution in [1.82, 2.24) is 9.80 Å². The van der Waals surface area contributed by atoms with Gasteiger partial charge >= 0.3 is 5.97 Å². The van der Waals surface area contributed by atoms with Gasteiger partial charge in [-0.15, -0.1) is 0 Å². The Morgan fingerprint density at radius 1 is 1.29 bits per heavy atom. The van der Waals surface area contributed by atoms with Gasteiger partial charge < -0.3 is 10.0 Å². The Bertz CT molecular complexity index is 527. The third kappa shape index (κ3) is 3.09. The molecule has 1 N–H and O–H groups in total. The van der Waals surface area contributed by atoms with E-state index in [4.69, 9.17) is 5.11 Å². The molecular weight excluding hydrogens is 271 g/mol. The van der Waals surface area contributed by atoms with Crippen molar-refractivity contribution in [1.29, 1.82) is 0 Å². The predicted molar refractivity (Wildman–Crippen MR) is 77.7 cm³/mol. The van der Waals surface area contributed by atoms with Gasteiger partial charge in [0.25, 0.3) is 0 Å². The average molecular weight is 292 g/mol. The van der Waals surface area contributed by atoms with Gasteiger partial charge in [-0.1, -0.05) is 12.1 Å². The van der Waals surface area contributed by atoms with E-state index >= 15 is 0 Å². The van der Waals surface area contributed by atoms with Gasteiger partial charge in [-0.05, 0) is 30.0 Å². The van der Waals surface area contributed by atoms with Crippen molar-refractivity contribution in [3.63, 3.8) is 0 Å². The van der Waals surface area contributed by atoms with Crippen molar-refractivity contribution in [3.05, 3.63) is 35.1 Å². The van der Waals surface area contributed by atoms with Crippen LogP contribution in [0.1, 0.15) is 30.0 Å². The van der Waals surface area contributed by atoms with E-state index in [2.05, 4.69) is 9.80 Å². The number of piperazine rings is 1. The van der Waals surface area contributed by atoms with Crippen LogP contribution in [-0.2, 0) is 11.2 Å². The minimum absolute atomic E-state index is 0.0740. The van der Waals surface area contributed by atoms with E-state index in [0.717, 1.165) is 50.1 Å². The lowest BCUT2D eigenvalue weighted by Crippen LogP contribution is -2.47. The van der Waals surface area contributed by atoms with E-state index in [1.807, 2.05) is 6.07 Å². The second-order valence-electron chi connectivity index (χ2n) is 5.88. The highest BCUT2D eigenvalue weighted by molar-refractivity contribution is 5.66. The molecule has 21 heavy (non-hydrogen) atoms. The summed E-state index contributed by atoms with van der Waals surface area (Å²) in [6.07, 6.45) is 2.02. The third-order valence-corrected chi connectivity index (χ3v) is 4.67. The van der Waals surface area contributed by atoms with Crippen LogP contribution in [-0.4, -0.2) is 53.6 Å².